The number of nitrogens with zero attached hydrogens (tertiary/aromatic N) is 3. The molecule has 0 saturated carbocycles. The van der Waals surface area contributed by atoms with Crippen LogP contribution in [0.3, 0.4) is 0 Å². The molecule has 27 heavy (non-hydrogen) atoms. The topological polar surface area (TPSA) is 54.8 Å². The van der Waals surface area contributed by atoms with Crippen molar-refractivity contribution >= 4 is 5.84 Å². The molecule has 2 N–H and O–H groups in total. The maximum absolute atomic E-state index is 8.50. The number of hydrogen-bond acceptors (Lipinski definition) is 5. The second-order valence-electron chi connectivity index (χ2n) is 8.07. The number of benzene rings is 1. The molecule has 3 fully saturated rings. The minimum atomic E-state index is 0.248. The van der Waals surface area contributed by atoms with Gasteiger partial charge >= 0.3 is 0 Å². The van der Waals surface area contributed by atoms with Gasteiger partial charge in [-0.3, -0.25) is 10.2 Å². The van der Waals surface area contributed by atoms with Gasteiger partial charge in [-0.05, 0) is 51.4 Å². The molecule has 1 radical (unpaired) electrons. The van der Waals surface area contributed by atoms with Crippen LogP contribution < -0.4 is 5.48 Å². The van der Waals surface area contributed by atoms with Gasteiger partial charge in [0.2, 0.25) is 0 Å². The Balaban J connectivity index is 1.30. The summed E-state index contributed by atoms with van der Waals surface area (Å²) < 4.78 is 0. The number of amidine groups is 1. The third-order valence-electron chi connectivity index (χ3n) is 6.04. The Morgan fingerprint density at radius 3 is 2.48 bits per heavy atom. The number of rotatable bonds is 4. The summed E-state index contributed by atoms with van der Waals surface area (Å²) in [5.41, 5.74) is 5.48. The molecule has 4 rings (SSSR count). The van der Waals surface area contributed by atoms with Gasteiger partial charge in [0.15, 0.2) is 0 Å². The van der Waals surface area contributed by atoms with Crippen LogP contribution in [0.1, 0.15) is 36.4 Å². The van der Waals surface area contributed by atoms with Crippen LogP contribution in [0.5, 0.6) is 0 Å². The van der Waals surface area contributed by atoms with Gasteiger partial charge in [-0.15, -0.1) is 0 Å². The van der Waals surface area contributed by atoms with E-state index < -0.39 is 0 Å². The summed E-state index contributed by atoms with van der Waals surface area (Å²) in [7, 11) is 2.14. The van der Waals surface area contributed by atoms with Crippen molar-refractivity contribution in [1.29, 1.82) is 5.41 Å². The first kappa shape index (κ1) is 18.9. The third kappa shape index (κ3) is 4.69. The van der Waals surface area contributed by atoms with E-state index in [0.717, 1.165) is 57.8 Å². The summed E-state index contributed by atoms with van der Waals surface area (Å²) in [6, 6.07) is 8.73. The van der Waals surface area contributed by atoms with E-state index in [0.29, 0.717) is 5.84 Å². The summed E-state index contributed by atoms with van der Waals surface area (Å²) in [5, 5.41) is 8.50. The molecule has 3 heterocycles. The van der Waals surface area contributed by atoms with Crippen molar-refractivity contribution in [2.75, 3.05) is 52.9 Å². The Kier molecular flexibility index (Phi) is 6.08. The first-order valence-corrected chi connectivity index (χ1v) is 10.3. The van der Waals surface area contributed by atoms with E-state index in [2.05, 4.69) is 57.9 Å². The van der Waals surface area contributed by atoms with Gasteiger partial charge in [0.25, 0.3) is 0 Å². The monoisotopic (exact) mass is 370 g/mol. The quantitative estimate of drug-likeness (QED) is 0.626. The summed E-state index contributed by atoms with van der Waals surface area (Å²) in [4.78, 5) is 12.9. The Labute approximate surface area is 162 Å². The maximum atomic E-state index is 8.50. The Bertz CT molecular complexity index is 620. The number of likely N-dealkylation sites (tertiary alicyclic amines) is 1. The first-order chi connectivity index (χ1) is 13.2. The third-order valence-corrected chi connectivity index (χ3v) is 6.04. The number of likely N-dealkylation sites (N-methyl/N-ethyl adjacent to an activating group) is 1. The first-order valence-electron chi connectivity index (χ1n) is 10.3. The highest BCUT2D eigenvalue weighted by molar-refractivity contribution is 5.96. The standard InChI is InChI=1S/C21H32N5O/c1-24-11-13-26(14-12-24)21(22)18-7-5-17(6-8-18)20-15-19(27-23-20)16-25-9-3-2-4-10-25/h2,5-8,19-20,22-23H,3-4,9-16H2,1H3. The van der Waals surface area contributed by atoms with Gasteiger partial charge in [-0.2, -0.15) is 5.48 Å². The van der Waals surface area contributed by atoms with E-state index in [1.807, 2.05) is 0 Å². The Morgan fingerprint density at radius 2 is 1.78 bits per heavy atom. The van der Waals surface area contributed by atoms with Crippen molar-refractivity contribution in [3.05, 3.63) is 41.8 Å². The van der Waals surface area contributed by atoms with Crippen molar-refractivity contribution < 1.29 is 4.84 Å². The molecular formula is C21H32N5O. The fourth-order valence-corrected chi connectivity index (χ4v) is 4.21. The molecule has 2 unspecified atom stereocenters. The van der Waals surface area contributed by atoms with Crippen LogP contribution in [0.4, 0.5) is 0 Å². The fourth-order valence-electron chi connectivity index (χ4n) is 4.21. The van der Waals surface area contributed by atoms with E-state index in [1.165, 1.54) is 18.4 Å². The van der Waals surface area contributed by atoms with E-state index >= 15 is 0 Å². The summed E-state index contributed by atoms with van der Waals surface area (Å²) in [6.45, 7) is 7.27. The zero-order valence-corrected chi connectivity index (χ0v) is 16.4. The zero-order valence-electron chi connectivity index (χ0n) is 16.4. The van der Waals surface area contributed by atoms with Crippen LogP contribution in [-0.4, -0.2) is 79.5 Å². The molecule has 0 bridgehead atoms. The molecular weight excluding hydrogens is 338 g/mol. The second-order valence-corrected chi connectivity index (χ2v) is 8.07. The van der Waals surface area contributed by atoms with Gasteiger partial charge in [0.05, 0.1) is 12.1 Å². The molecule has 1 aromatic carbocycles. The normalized spacial score (nSPS) is 27.8. The lowest BCUT2D eigenvalue weighted by Crippen LogP contribution is -2.47. The largest absolute Gasteiger partial charge is 0.354 e. The molecule has 1 aromatic rings. The summed E-state index contributed by atoms with van der Waals surface area (Å²) in [5.74, 6) is 0.644. The van der Waals surface area contributed by atoms with Crippen molar-refractivity contribution in [3.63, 3.8) is 0 Å². The highest BCUT2D eigenvalue weighted by atomic mass is 16.7. The molecule has 0 amide bonds. The lowest BCUT2D eigenvalue weighted by atomic mass is 10.00. The van der Waals surface area contributed by atoms with Gasteiger partial charge in [0, 0.05) is 38.3 Å². The number of hydroxylamine groups is 1. The average Bonchev–Trinajstić information content (AvgIpc) is 3.17. The molecule has 3 aliphatic heterocycles. The van der Waals surface area contributed by atoms with Crippen LogP contribution >= 0.6 is 0 Å². The zero-order chi connectivity index (χ0) is 18.6. The smallest absolute Gasteiger partial charge is 0.128 e. The Morgan fingerprint density at radius 1 is 1.07 bits per heavy atom. The van der Waals surface area contributed by atoms with Crippen LogP contribution in [0.25, 0.3) is 0 Å². The van der Waals surface area contributed by atoms with E-state index in [4.69, 9.17) is 10.2 Å². The van der Waals surface area contributed by atoms with Crippen LogP contribution in [0.2, 0.25) is 0 Å². The highest BCUT2D eigenvalue weighted by Crippen LogP contribution is 2.27. The number of nitrogens with one attached hydrogen (secondary N) is 2. The fraction of sp³-hybridized carbons (Fsp3) is 0.619. The minimum absolute atomic E-state index is 0.248. The van der Waals surface area contributed by atoms with Gasteiger partial charge < -0.3 is 14.7 Å². The molecule has 2 atom stereocenters. The lowest BCUT2D eigenvalue weighted by molar-refractivity contribution is 0.00558. The molecule has 3 saturated heterocycles. The molecule has 0 spiro atoms. The van der Waals surface area contributed by atoms with Crippen LogP contribution in [0.15, 0.2) is 24.3 Å². The predicted octanol–water partition coefficient (Wildman–Crippen LogP) is 1.89. The minimum Gasteiger partial charge on any atom is -0.354 e. The van der Waals surface area contributed by atoms with Crippen molar-refractivity contribution in [2.24, 2.45) is 0 Å². The van der Waals surface area contributed by atoms with Crippen molar-refractivity contribution in [2.45, 2.75) is 31.4 Å². The van der Waals surface area contributed by atoms with Crippen LogP contribution in [0, 0.1) is 11.8 Å². The van der Waals surface area contributed by atoms with Crippen molar-refractivity contribution in [3.8, 4) is 0 Å². The summed E-state index contributed by atoms with van der Waals surface area (Å²) >= 11 is 0. The predicted molar refractivity (Wildman–Crippen MR) is 108 cm³/mol. The molecule has 3 aliphatic rings. The molecule has 147 valence electrons. The van der Waals surface area contributed by atoms with E-state index in [-0.39, 0.29) is 12.1 Å². The molecule has 0 aromatic heterocycles. The number of piperidine rings is 1. The molecule has 6 heteroatoms. The van der Waals surface area contributed by atoms with Crippen LogP contribution in [-0.2, 0) is 4.84 Å². The number of hydrogen-bond donors (Lipinski definition) is 2. The van der Waals surface area contributed by atoms with Gasteiger partial charge in [-0.1, -0.05) is 24.3 Å². The molecule has 0 aliphatic carbocycles. The SMILES string of the molecule is CN1CCN(C(=N)c2ccc(C3CC(CN4CC[CH]CC4)ON3)cc2)CC1. The van der Waals surface area contributed by atoms with Crippen molar-refractivity contribution in [1.82, 2.24) is 20.2 Å². The number of piperazine rings is 1. The Hall–Kier alpha value is -1.47. The highest BCUT2D eigenvalue weighted by Gasteiger charge is 2.28. The lowest BCUT2D eigenvalue weighted by Gasteiger charge is -2.34. The second kappa shape index (κ2) is 8.69. The molecule has 6 nitrogen and oxygen atoms in total. The van der Waals surface area contributed by atoms with E-state index in [9.17, 15) is 0 Å². The van der Waals surface area contributed by atoms with Gasteiger partial charge in [-0.25, -0.2) is 0 Å². The maximum Gasteiger partial charge on any atom is 0.128 e. The van der Waals surface area contributed by atoms with E-state index in [1.54, 1.807) is 0 Å². The summed E-state index contributed by atoms with van der Waals surface area (Å²) in [6.07, 6.45) is 6.05. The van der Waals surface area contributed by atoms with Gasteiger partial charge in [0.1, 0.15) is 5.84 Å². The average molecular weight is 371 g/mol.